The molecule has 0 amide bonds. The van der Waals surface area contributed by atoms with Crippen LogP contribution in [0.2, 0.25) is 0 Å². The Bertz CT molecular complexity index is 434. The largest absolute Gasteiger partial charge is 0.461 e. The minimum Gasteiger partial charge on any atom is -0.461 e. The van der Waals surface area contributed by atoms with E-state index in [1.54, 1.807) is 12.1 Å². The number of carbonyl (C=O) groups excluding carboxylic acids is 1. The van der Waals surface area contributed by atoms with Crippen LogP contribution in [-0.4, -0.2) is 5.97 Å². The van der Waals surface area contributed by atoms with Crippen molar-refractivity contribution in [2.24, 2.45) is 0 Å². The molecule has 0 spiro atoms. The van der Waals surface area contributed by atoms with Gasteiger partial charge in [-0.05, 0) is 23.8 Å². The lowest BCUT2D eigenvalue weighted by Crippen LogP contribution is -1.98. The van der Waals surface area contributed by atoms with Crippen LogP contribution in [-0.2, 0) is 16.1 Å². The highest BCUT2D eigenvalue weighted by Gasteiger charge is 2.02. The van der Waals surface area contributed by atoms with Gasteiger partial charge in [0.2, 0.25) is 0 Å². The SMILES string of the molecule is [C-]#[N+]c1cc(C#N)cc(COC(C)=O)c1. The van der Waals surface area contributed by atoms with Gasteiger partial charge in [0.1, 0.15) is 6.61 Å². The van der Waals surface area contributed by atoms with Crippen LogP contribution in [0.3, 0.4) is 0 Å². The molecule has 0 saturated carbocycles. The third kappa shape index (κ3) is 3.13. The van der Waals surface area contributed by atoms with Gasteiger partial charge in [0.05, 0.1) is 12.6 Å². The van der Waals surface area contributed by atoms with Gasteiger partial charge in [-0.25, -0.2) is 4.85 Å². The molecule has 0 aliphatic carbocycles. The predicted molar refractivity (Wildman–Crippen MR) is 52.9 cm³/mol. The highest BCUT2D eigenvalue weighted by atomic mass is 16.5. The molecule has 1 aromatic carbocycles. The number of benzene rings is 1. The zero-order valence-electron chi connectivity index (χ0n) is 8.15. The second kappa shape index (κ2) is 4.78. The Labute approximate surface area is 87.5 Å². The van der Waals surface area contributed by atoms with E-state index < -0.39 is 0 Å². The molecule has 0 unspecified atom stereocenters. The first kappa shape index (κ1) is 10.7. The number of hydrogen-bond donors (Lipinski definition) is 0. The molecule has 0 N–H and O–H groups in total. The topological polar surface area (TPSA) is 54.4 Å². The van der Waals surface area contributed by atoms with Crippen LogP contribution in [0.1, 0.15) is 18.1 Å². The summed E-state index contributed by atoms with van der Waals surface area (Å²) in [4.78, 5) is 13.8. The molecule has 0 fully saturated rings. The van der Waals surface area contributed by atoms with Gasteiger partial charge in [-0.15, -0.1) is 0 Å². The summed E-state index contributed by atoms with van der Waals surface area (Å²) in [5.41, 5.74) is 1.41. The Morgan fingerprint density at radius 2 is 2.33 bits per heavy atom. The van der Waals surface area contributed by atoms with Crippen LogP contribution in [0.15, 0.2) is 18.2 Å². The van der Waals surface area contributed by atoms with Gasteiger partial charge in [0.25, 0.3) is 0 Å². The van der Waals surface area contributed by atoms with Crippen molar-refractivity contribution in [2.45, 2.75) is 13.5 Å². The Kier molecular flexibility index (Phi) is 3.43. The first-order valence-corrected chi connectivity index (χ1v) is 4.20. The van der Waals surface area contributed by atoms with E-state index >= 15 is 0 Å². The van der Waals surface area contributed by atoms with Crippen molar-refractivity contribution in [1.82, 2.24) is 0 Å². The van der Waals surface area contributed by atoms with Crippen LogP contribution < -0.4 is 0 Å². The normalized spacial score (nSPS) is 8.73. The standard InChI is InChI=1S/C11H8N2O2/c1-8(14)15-7-10-3-9(6-12)4-11(5-10)13-2/h3-5H,7H2,1H3. The van der Waals surface area contributed by atoms with E-state index in [4.69, 9.17) is 16.6 Å². The Balaban J connectivity index is 2.94. The van der Waals surface area contributed by atoms with Crippen molar-refractivity contribution in [3.63, 3.8) is 0 Å². The van der Waals surface area contributed by atoms with Gasteiger partial charge < -0.3 is 4.74 Å². The van der Waals surface area contributed by atoms with Crippen molar-refractivity contribution in [2.75, 3.05) is 0 Å². The number of hydrogen-bond acceptors (Lipinski definition) is 3. The molecule has 15 heavy (non-hydrogen) atoms. The number of nitrogens with zero attached hydrogens (tertiary/aromatic N) is 2. The molecular weight excluding hydrogens is 192 g/mol. The predicted octanol–water partition coefficient (Wildman–Crippen LogP) is 2.17. The molecule has 4 nitrogen and oxygen atoms in total. The summed E-state index contributed by atoms with van der Waals surface area (Å²) < 4.78 is 4.78. The zero-order chi connectivity index (χ0) is 11.3. The minimum atomic E-state index is -0.387. The maximum Gasteiger partial charge on any atom is 0.302 e. The van der Waals surface area contributed by atoms with Gasteiger partial charge in [-0.2, -0.15) is 5.26 Å². The fourth-order valence-electron chi connectivity index (χ4n) is 1.07. The quantitative estimate of drug-likeness (QED) is 0.543. The van der Waals surface area contributed by atoms with E-state index in [2.05, 4.69) is 4.85 Å². The number of rotatable bonds is 2. The monoisotopic (exact) mass is 200 g/mol. The Morgan fingerprint density at radius 3 is 2.87 bits per heavy atom. The van der Waals surface area contributed by atoms with Crippen LogP contribution in [0.5, 0.6) is 0 Å². The summed E-state index contributed by atoms with van der Waals surface area (Å²) in [6.07, 6.45) is 0. The van der Waals surface area contributed by atoms with E-state index in [0.717, 1.165) is 0 Å². The van der Waals surface area contributed by atoms with Gasteiger partial charge in [0.15, 0.2) is 5.69 Å². The second-order valence-electron chi connectivity index (χ2n) is 2.89. The molecule has 0 atom stereocenters. The maximum atomic E-state index is 10.6. The molecule has 0 saturated heterocycles. The minimum absolute atomic E-state index is 0.0906. The van der Waals surface area contributed by atoms with Crippen LogP contribution in [0.25, 0.3) is 4.85 Å². The molecule has 1 rings (SSSR count). The summed E-state index contributed by atoms with van der Waals surface area (Å²) in [5, 5.41) is 8.70. The summed E-state index contributed by atoms with van der Waals surface area (Å²) in [6, 6.07) is 6.63. The van der Waals surface area contributed by atoms with Gasteiger partial charge in [-0.1, -0.05) is 0 Å². The van der Waals surface area contributed by atoms with Crippen molar-refractivity contribution >= 4 is 11.7 Å². The number of carbonyl (C=O) groups is 1. The van der Waals surface area contributed by atoms with Crippen molar-refractivity contribution in [3.05, 3.63) is 40.7 Å². The summed E-state index contributed by atoms with van der Waals surface area (Å²) in [5.74, 6) is -0.387. The van der Waals surface area contributed by atoms with Crippen molar-refractivity contribution in [1.29, 1.82) is 5.26 Å². The maximum absolute atomic E-state index is 10.6. The lowest BCUT2D eigenvalue weighted by Gasteiger charge is -2.03. The summed E-state index contributed by atoms with van der Waals surface area (Å²) >= 11 is 0. The third-order valence-corrected chi connectivity index (χ3v) is 1.68. The fraction of sp³-hybridized carbons (Fsp3) is 0.182. The molecule has 4 heteroatoms. The van der Waals surface area contributed by atoms with Gasteiger partial charge >= 0.3 is 5.97 Å². The highest BCUT2D eigenvalue weighted by molar-refractivity contribution is 5.66. The smallest absolute Gasteiger partial charge is 0.302 e. The fourth-order valence-corrected chi connectivity index (χ4v) is 1.07. The van der Waals surface area contributed by atoms with E-state index in [9.17, 15) is 4.79 Å². The number of esters is 1. The molecule has 0 aliphatic rings. The van der Waals surface area contributed by atoms with Crippen molar-refractivity contribution in [3.8, 4) is 6.07 Å². The van der Waals surface area contributed by atoms with E-state index in [1.165, 1.54) is 13.0 Å². The second-order valence-corrected chi connectivity index (χ2v) is 2.89. The lowest BCUT2D eigenvalue weighted by atomic mass is 10.1. The molecule has 0 aliphatic heterocycles. The average molecular weight is 200 g/mol. The van der Waals surface area contributed by atoms with E-state index in [0.29, 0.717) is 16.8 Å². The zero-order valence-corrected chi connectivity index (χ0v) is 8.15. The highest BCUT2D eigenvalue weighted by Crippen LogP contribution is 2.18. The molecule has 0 aromatic heterocycles. The molecule has 74 valence electrons. The molecular formula is C11H8N2O2. The average Bonchev–Trinajstić information content (AvgIpc) is 2.25. The van der Waals surface area contributed by atoms with Crippen LogP contribution in [0.4, 0.5) is 5.69 Å². The molecule has 0 bridgehead atoms. The van der Waals surface area contributed by atoms with E-state index in [1.807, 2.05) is 6.07 Å². The first-order valence-electron chi connectivity index (χ1n) is 4.20. The number of nitriles is 1. The Hall–Kier alpha value is -2.33. The molecule has 0 radical (unpaired) electrons. The van der Waals surface area contributed by atoms with Gasteiger partial charge in [-0.3, -0.25) is 4.79 Å². The lowest BCUT2D eigenvalue weighted by molar-refractivity contribution is -0.142. The van der Waals surface area contributed by atoms with Crippen molar-refractivity contribution < 1.29 is 9.53 Å². The molecule has 1 aromatic rings. The number of ether oxygens (including phenoxy) is 1. The van der Waals surface area contributed by atoms with Crippen LogP contribution in [0, 0.1) is 17.9 Å². The van der Waals surface area contributed by atoms with E-state index in [-0.39, 0.29) is 12.6 Å². The summed E-state index contributed by atoms with van der Waals surface area (Å²) in [7, 11) is 0. The Morgan fingerprint density at radius 1 is 1.60 bits per heavy atom. The van der Waals surface area contributed by atoms with Crippen LogP contribution >= 0.6 is 0 Å². The first-order chi connectivity index (χ1) is 7.15. The molecule has 0 heterocycles. The van der Waals surface area contributed by atoms with Gasteiger partial charge in [0, 0.05) is 12.5 Å². The summed E-state index contributed by atoms with van der Waals surface area (Å²) in [6.45, 7) is 8.24. The third-order valence-electron chi connectivity index (χ3n) is 1.68.